The Labute approximate surface area is 195 Å². The first-order valence-corrected chi connectivity index (χ1v) is 13.1. The number of pyridine rings is 1. The van der Waals surface area contributed by atoms with Gasteiger partial charge in [0.2, 0.25) is 0 Å². The molecule has 1 aromatic carbocycles. The molecule has 2 aliphatic rings. The molecule has 8 heteroatoms. The maximum atomic E-state index is 13.5. The number of ether oxygens (including phenoxy) is 1. The van der Waals surface area contributed by atoms with Gasteiger partial charge in [-0.05, 0) is 76.5 Å². The minimum atomic E-state index is -3.44. The van der Waals surface area contributed by atoms with E-state index in [1.165, 1.54) is 0 Å². The molecular formula is C25H30N4O3S. The van der Waals surface area contributed by atoms with Gasteiger partial charge in [0.1, 0.15) is 23.9 Å². The Hall–Kier alpha value is -2.71. The maximum absolute atomic E-state index is 13.5. The quantitative estimate of drug-likeness (QED) is 0.579. The molecule has 2 aromatic heterocycles. The lowest BCUT2D eigenvalue weighted by Crippen LogP contribution is -2.42. The summed E-state index contributed by atoms with van der Waals surface area (Å²) in [6, 6.07) is 9.57. The van der Waals surface area contributed by atoms with Crippen molar-refractivity contribution < 1.29 is 13.2 Å². The van der Waals surface area contributed by atoms with Crippen molar-refractivity contribution in [3.8, 4) is 28.5 Å². The molecule has 0 aliphatic carbocycles. The first-order valence-electron chi connectivity index (χ1n) is 11.6. The highest BCUT2D eigenvalue weighted by Crippen LogP contribution is 2.37. The summed E-state index contributed by atoms with van der Waals surface area (Å²) in [6.45, 7) is 9.09. The predicted octanol–water partition coefficient (Wildman–Crippen LogP) is 3.96. The van der Waals surface area contributed by atoms with E-state index in [1.54, 1.807) is 24.4 Å². The standard InChI is InChI=1S/C25H30N4O3S/c1-17(2)28-11-8-19(9-12-28)33(30,31)20-6-7-23-21(15-20)25-27-22(16-29(25)13-14-32-23)24-18(3)5-4-10-26-24/h4-7,10,15-17,19H,8-9,11-14H2,1-3H3. The number of likely N-dealkylation sites (tertiary alicyclic amines) is 1. The van der Waals surface area contributed by atoms with Gasteiger partial charge in [-0.3, -0.25) is 4.98 Å². The largest absolute Gasteiger partial charge is 0.491 e. The molecule has 0 spiro atoms. The van der Waals surface area contributed by atoms with E-state index < -0.39 is 9.84 Å². The number of fused-ring (bicyclic) bond motifs is 3. The van der Waals surface area contributed by atoms with Crippen molar-refractivity contribution in [2.24, 2.45) is 0 Å². The molecule has 0 radical (unpaired) electrons. The van der Waals surface area contributed by atoms with Crippen LogP contribution in [0.1, 0.15) is 32.3 Å². The van der Waals surface area contributed by atoms with Crippen LogP contribution >= 0.6 is 0 Å². The summed E-state index contributed by atoms with van der Waals surface area (Å²) in [4.78, 5) is 12.1. The fourth-order valence-electron chi connectivity index (χ4n) is 4.80. The van der Waals surface area contributed by atoms with Crippen molar-refractivity contribution in [2.45, 2.75) is 56.3 Å². The predicted molar refractivity (Wildman–Crippen MR) is 128 cm³/mol. The third-order valence-corrected chi connectivity index (χ3v) is 9.04. The van der Waals surface area contributed by atoms with E-state index in [9.17, 15) is 8.42 Å². The first kappa shape index (κ1) is 22.1. The number of nitrogens with zero attached hydrogens (tertiary/aromatic N) is 4. The molecule has 1 saturated heterocycles. The molecular weight excluding hydrogens is 436 g/mol. The number of imidazole rings is 1. The van der Waals surface area contributed by atoms with Crippen molar-refractivity contribution in [2.75, 3.05) is 19.7 Å². The van der Waals surface area contributed by atoms with E-state index in [-0.39, 0.29) is 5.25 Å². The van der Waals surface area contributed by atoms with Crippen LogP contribution in [0.2, 0.25) is 0 Å². The Bertz CT molecular complexity index is 1270. The molecule has 3 aromatic rings. The average molecular weight is 467 g/mol. The maximum Gasteiger partial charge on any atom is 0.181 e. The van der Waals surface area contributed by atoms with Gasteiger partial charge in [0, 0.05) is 18.4 Å². The number of aromatic nitrogens is 3. The van der Waals surface area contributed by atoms with Crippen molar-refractivity contribution in [3.63, 3.8) is 0 Å². The number of piperidine rings is 1. The van der Waals surface area contributed by atoms with Gasteiger partial charge in [0.05, 0.1) is 27.9 Å². The highest BCUT2D eigenvalue weighted by atomic mass is 32.2. The lowest BCUT2D eigenvalue weighted by molar-refractivity contribution is 0.186. The van der Waals surface area contributed by atoms with Crippen LogP contribution in [0, 0.1) is 6.92 Å². The molecule has 7 nitrogen and oxygen atoms in total. The van der Waals surface area contributed by atoms with Crippen LogP contribution < -0.4 is 4.74 Å². The van der Waals surface area contributed by atoms with Gasteiger partial charge in [-0.2, -0.15) is 0 Å². The van der Waals surface area contributed by atoms with Gasteiger partial charge in [-0.15, -0.1) is 0 Å². The Balaban J connectivity index is 1.51. The van der Waals surface area contributed by atoms with Gasteiger partial charge in [0.25, 0.3) is 0 Å². The number of sulfone groups is 1. The van der Waals surface area contributed by atoms with Crippen LogP contribution in [-0.2, 0) is 16.4 Å². The van der Waals surface area contributed by atoms with Crippen LogP contribution in [0.3, 0.4) is 0 Å². The van der Waals surface area contributed by atoms with Crippen LogP contribution in [-0.4, -0.2) is 58.8 Å². The third-order valence-electron chi connectivity index (χ3n) is 6.78. The highest BCUT2D eigenvalue weighted by Gasteiger charge is 2.33. The molecule has 174 valence electrons. The van der Waals surface area contributed by atoms with Crippen LogP contribution in [0.25, 0.3) is 22.8 Å². The van der Waals surface area contributed by atoms with Crippen molar-refractivity contribution in [1.82, 2.24) is 19.4 Å². The highest BCUT2D eigenvalue weighted by molar-refractivity contribution is 7.92. The fraction of sp³-hybridized carbons (Fsp3) is 0.440. The fourth-order valence-corrected chi connectivity index (χ4v) is 6.56. The number of benzene rings is 1. The van der Waals surface area contributed by atoms with E-state index in [2.05, 4.69) is 23.7 Å². The summed E-state index contributed by atoms with van der Waals surface area (Å²) in [6.07, 6.45) is 5.06. The second-order valence-corrected chi connectivity index (χ2v) is 11.4. The number of hydrogen-bond donors (Lipinski definition) is 0. The minimum Gasteiger partial charge on any atom is -0.491 e. The third kappa shape index (κ3) is 4.06. The second kappa shape index (κ2) is 8.57. The lowest BCUT2D eigenvalue weighted by Gasteiger charge is -2.34. The van der Waals surface area contributed by atoms with Gasteiger partial charge in [0.15, 0.2) is 9.84 Å². The van der Waals surface area contributed by atoms with E-state index in [4.69, 9.17) is 9.72 Å². The van der Waals surface area contributed by atoms with E-state index >= 15 is 0 Å². The van der Waals surface area contributed by atoms with Crippen LogP contribution in [0.4, 0.5) is 0 Å². The molecule has 2 aliphatic heterocycles. The van der Waals surface area contributed by atoms with E-state index in [0.717, 1.165) is 30.0 Å². The van der Waals surface area contributed by atoms with Crippen LogP contribution in [0.5, 0.6) is 5.75 Å². The normalized spacial score (nSPS) is 17.3. The summed E-state index contributed by atoms with van der Waals surface area (Å²) in [7, 11) is -3.44. The number of rotatable bonds is 4. The Kier molecular flexibility index (Phi) is 5.74. The topological polar surface area (TPSA) is 77.3 Å². The Morgan fingerprint density at radius 2 is 1.91 bits per heavy atom. The molecule has 0 N–H and O–H groups in total. The van der Waals surface area contributed by atoms with Crippen molar-refractivity contribution in [3.05, 3.63) is 48.3 Å². The SMILES string of the molecule is Cc1cccnc1-c1cn2c(n1)-c1cc(S(=O)(=O)C3CCN(C(C)C)CC3)ccc1OCC2. The molecule has 33 heavy (non-hydrogen) atoms. The van der Waals surface area contributed by atoms with E-state index in [0.29, 0.717) is 54.1 Å². The molecule has 1 fully saturated rings. The number of aryl methyl sites for hydroxylation is 1. The van der Waals surface area contributed by atoms with Gasteiger partial charge in [-0.1, -0.05) is 6.07 Å². The first-order chi connectivity index (χ1) is 15.8. The summed E-state index contributed by atoms with van der Waals surface area (Å²) < 4.78 is 35.0. The van der Waals surface area contributed by atoms with Gasteiger partial charge >= 0.3 is 0 Å². The second-order valence-electron chi connectivity index (χ2n) is 9.19. The van der Waals surface area contributed by atoms with Gasteiger partial charge in [-0.25, -0.2) is 13.4 Å². The zero-order valence-corrected chi connectivity index (χ0v) is 20.2. The smallest absolute Gasteiger partial charge is 0.181 e. The molecule has 0 amide bonds. The zero-order valence-electron chi connectivity index (χ0n) is 19.4. The summed E-state index contributed by atoms with van der Waals surface area (Å²) in [5.41, 5.74) is 3.38. The minimum absolute atomic E-state index is 0.347. The molecule has 4 heterocycles. The lowest BCUT2D eigenvalue weighted by atomic mass is 10.1. The van der Waals surface area contributed by atoms with Crippen molar-refractivity contribution >= 4 is 9.84 Å². The summed E-state index contributed by atoms with van der Waals surface area (Å²) >= 11 is 0. The Morgan fingerprint density at radius 1 is 1.12 bits per heavy atom. The molecule has 0 atom stereocenters. The molecule has 5 rings (SSSR count). The number of hydrogen-bond acceptors (Lipinski definition) is 6. The Morgan fingerprint density at radius 3 is 2.64 bits per heavy atom. The van der Waals surface area contributed by atoms with Crippen LogP contribution in [0.15, 0.2) is 47.6 Å². The molecule has 0 saturated carbocycles. The monoisotopic (exact) mass is 466 g/mol. The summed E-state index contributed by atoms with van der Waals surface area (Å²) in [5.74, 6) is 1.38. The molecule has 0 bridgehead atoms. The van der Waals surface area contributed by atoms with Crippen molar-refractivity contribution in [1.29, 1.82) is 0 Å². The zero-order chi connectivity index (χ0) is 23.2. The molecule has 0 unspecified atom stereocenters. The average Bonchev–Trinajstić information content (AvgIpc) is 3.15. The summed E-state index contributed by atoms with van der Waals surface area (Å²) in [5, 5.41) is -0.358. The van der Waals surface area contributed by atoms with Gasteiger partial charge < -0.3 is 14.2 Å². The van der Waals surface area contributed by atoms with E-state index in [1.807, 2.05) is 29.8 Å².